The number of nitrogens with one attached hydrogen (secondary N) is 2. The fourth-order valence-electron chi connectivity index (χ4n) is 2.72. The van der Waals surface area contributed by atoms with Crippen LogP contribution >= 0.6 is 12.2 Å². The molecule has 1 amide bonds. The zero-order valence-electron chi connectivity index (χ0n) is 16.1. The van der Waals surface area contributed by atoms with Gasteiger partial charge in [0.25, 0.3) is 5.91 Å². The van der Waals surface area contributed by atoms with Gasteiger partial charge in [-0.05, 0) is 66.2 Å². The number of benzene rings is 2. The second-order valence-electron chi connectivity index (χ2n) is 6.24. The van der Waals surface area contributed by atoms with Crippen LogP contribution in [0.4, 0.5) is 5.69 Å². The Labute approximate surface area is 174 Å². The fraction of sp³-hybridized carbons (Fsp3) is 0.136. The number of nitrogens with zero attached hydrogens (tertiary/aromatic N) is 1. The van der Waals surface area contributed by atoms with E-state index < -0.39 is 0 Å². The average molecular weight is 407 g/mol. The van der Waals surface area contributed by atoms with Crippen molar-refractivity contribution in [1.82, 2.24) is 10.3 Å². The SMILES string of the molecule is COc1cc(OC)cc(C(=O)NC(=S)Nc2ccc(Cc3ccncc3)cc2)c1. The van der Waals surface area contributed by atoms with Crippen LogP contribution in [0.3, 0.4) is 0 Å². The first-order valence-electron chi connectivity index (χ1n) is 8.90. The highest BCUT2D eigenvalue weighted by Gasteiger charge is 2.11. The Kier molecular flexibility index (Phi) is 6.76. The van der Waals surface area contributed by atoms with Crippen molar-refractivity contribution in [3.8, 4) is 11.5 Å². The van der Waals surface area contributed by atoms with Crippen LogP contribution in [0.25, 0.3) is 0 Å². The first-order valence-corrected chi connectivity index (χ1v) is 9.31. The number of aromatic nitrogens is 1. The number of anilines is 1. The van der Waals surface area contributed by atoms with Crippen LogP contribution in [0, 0.1) is 0 Å². The lowest BCUT2D eigenvalue weighted by atomic mass is 10.1. The van der Waals surface area contributed by atoms with Gasteiger partial charge < -0.3 is 14.8 Å². The van der Waals surface area contributed by atoms with Crippen molar-refractivity contribution in [2.45, 2.75) is 6.42 Å². The quantitative estimate of drug-likeness (QED) is 0.606. The molecule has 7 heteroatoms. The van der Waals surface area contributed by atoms with Crippen molar-refractivity contribution in [3.05, 3.63) is 83.7 Å². The summed E-state index contributed by atoms with van der Waals surface area (Å²) in [6.07, 6.45) is 4.39. The van der Waals surface area contributed by atoms with E-state index in [4.69, 9.17) is 21.7 Å². The van der Waals surface area contributed by atoms with E-state index in [9.17, 15) is 4.79 Å². The smallest absolute Gasteiger partial charge is 0.257 e. The first-order chi connectivity index (χ1) is 14.1. The molecule has 148 valence electrons. The Hall–Kier alpha value is -3.45. The summed E-state index contributed by atoms with van der Waals surface area (Å²) in [7, 11) is 3.06. The van der Waals surface area contributed by atoms with Crippen molar-refractivity contribution >= 4 is 28.9 Å². The molecule has 2 N–H and O–H groups in total. The van der Waals surface area contributed by atoms with Crippen LogP contribution in [-0.4, -0.2) is 30.2 Å². The minimum absolute atomic E-state index is 0.207. The van der Waals surface area contributed by atoms with E-state index in [1.54, 1.807) is 30.6 Å². The number of ether oxygens (including phenoxy) is 2. The monoisotopic (exact) mass is 407 g/mol. The molecule has 0 spiro atoms. The molecule has 1 heterocycles. The van der Waals surface area contributed by atoms with Gasteiger partial charge in [-0.3, -0.25) is 15.1 Å². The third-order valence-electron chi connectivity index (χ3n) is 4.21. The van der Waals surface area contributed by atoms with Gasteiger partial charge in [0.05, 0.1) is 14.2 Å². The Balaban J connectivity index is 1.59. The van der Waals surface area contributed by atoms with Crippen molar-refractivity contribution in [2.24, 2.45) is 0 Å². The summed E-state index contributed by atoms with van der Waals surface area (Å²) < 4.78 is 10.4. The molecule has 6 nitrogen and oxygen atoms in total. The molecular weight excluding hydrogens is 386 g/mol. The van der Waals surface area contributed by atoms with E-state index in [-0.39, 0.29) is 11.0 Å². The number of hydrogen-bond donors (Lipinski definition) is 2. The molecule has 29 heavy (non-hydrogen) atoms. The lowest BCUT2D eigenvalue weighted by molar-refractivity contribution is 0.0977. The Bertz CT molecular complexity index is 970. The Morgan fingerprint density at radius 3 is 2.10 bits per heavy atom. The topological polar surface area (TPSA) is 72.5 Å². The number of pyridine rings is 1. The first kappa shape index (κ1) is 20.3. The molecule has 3 aromatic rings. The molecule has 0 atom stereocenters. The molecule has 0 bridgehead atoms. The minimum Gasteiger partial charge on any atom is -0.497 e. The molecule has 0 aliphatic carbocycles. The zero-order valence-corrected chi connectivity index (χ0v) is 17.0. The molecule has 0 fully saturated rings. The highest BCUT2D eigenvalue weighted by atomic mass is 32.1. The number of carbonyl (C=O) groups excluding carboxylic acids is 1. The van der Waals surface area contributed by atoms with Crippen LogP contribution in [0.5, 0.6) is 11.5 Å². The molecule has 1 aromatic heterocycles. The zero-order chi connectivity index (χ0) is 20.6. The number of thiocarbonyl (C=S) groups is 1. The third kappa shape index (κ3) is 5.76. The largest absolute Gasteiger partial charge is 0.497 e. The molecular formula is C22H21N3O3S. The lowest BCUT2D eigenvalue weighted by Gasteiger charge is -2.12. The van der Waals surface area contributed by atoms with E-state index >= 15 is 0 Å². The van der Waals surface area contributed by atoms with E-state index in [0.717, 1.165) is 12.1 Å². The summed E-state index contributed by atoms with van der Waals surface area (Å²) in [4.78, 5) is 16.5. The lowest BCUT2D eigenvalue weighted by Crippen LogP contribution is -2.34. The molecule has 0 aliphatic heterocycles. The van der Waals surface area contributed by atoms with Gasteiger partial charge in [0.2, 0.25) is 0 Å². The van der Waals surface area contributed by atoms with Crippen molar-refractivity contribution in [2.75, 3.05) is 19.5 Å². The maximum absolute atomic E-state index is 12.5. The number of methoxy groups -OCH3 is 2. The van der Waals surface area contributed by atoms with Gasteiger partial charge in [0, 0.05) is 29.7 Å². The Morgan fingerprint density at radius 2 is 1.52 bits per heavy atom. The number of carbonyl (C=O) groups is 1. The van der Waals surface area contributed by atoms with E-state index in [1.165, 1.54) is 25.3 Å². The predicted molar refractivity (Wildman–Crippen MR) is 117 cm³/mol. The molecule has 3 rings (SSSR count). The van der Waals surface area contributed by atoms with Crippen molar-refractivity contribution < 1.29 is 14.3 Å². The average Bonchev–Trinajstić information content (AvgIpc) is 2.75. The normalized spacial score (nSPS) is 10.1. The van der Waals surface area contributed by atoms with Crippen molar-refractivity contribution in [1.29, 1.82) is 0 Å². The van der Waals surface area contributed by atoms with Gasteiger partial charge in [-0.15, -0.1) is 0 Å². The van der Waals surface area contributed by atoms with Crippen LogP contribution in [0.1, 0.15) is 21.5 Å². The molecule has 2 aromatic carbocycles. The fourth-order valence-corrected chi connectivity index (χ4v) is 2.93. The van der Waals surface area contributed by atoms with Crippen LogP contribution in [0.15, 0.2) is 67.0 Å². The maximum Gasteiger partial charge on any atom is 0.257 e. The maximum atomic E-state index is 12.5. The van der Waals surface area contributed by atoms with Gasteiger partial charge >= 0.3 is 0 Å². The van der Waals surface area contributed by atoms with E-state index in [0.29, 0.717) is 17.1 Å². The van der Waals surface area contributed by atoms with Crippen LogP contribution in [0.2, 0.25) is 0 Å². The van der Waals surface area contributed by atoms with Gasteiger partial charge in [-0.1, -0.05) is 12.1 Å². The van der Waals surface area contributed by atoms with Gasteiger partial charge in [0.1, 0.15) is 11.5 Å². The molecule has 0 unspecified atom stereocenters. The molecule has 0 saturated carbocycles. The van der Waals surface area contributed by atoms with Gasteiger partial charge in [0.15, 0.2) is 5.11 Å². The van der Waals surface area contributed by atoms with E-state index in [1.807, 2.05) is 36.4 Å². The second-order valence-corrected chi connectivity index (χ2v) is 6.65. The van der Waals surface area contributed by atoms with E-state index in [2.05, 4.69) is 15.6 Å². The summed E-state index contributed by atoms with van der Waals surface area (Å²) in [6, 6.07) is 16.8. The van der Waals surface area contributed by atoms with Crippen molar-refractivity contribution in [3.63, 3.8) is 0 Å². The summed E-state index contributed by atoms with van der Waals surface area (Å²) >= 11 is 5.26. The molecule has 0 aliphatic rings. The van der Waals surface area contributed by atoms with Crippen LogP contribution in [-0.2, 0) is 6.42 Å². The highest BCUT2D eigenvalue weighted by Crippen LogP contribution is 2.22. The molecule has 0 saturated heterocycles. The molecule has 0 radical (unpaired) electrons. The van der Waals surface area contributed by atoms with Gasteiger partial charge in [-0.25, -0.2) is 0 Å². The number of rotatable bonds is 6. The standard InChI is InChI=1S/C22H21N3O3S/c1-27-19-12-17(13-20(14-19)28-2)21(26)25-22(29)24-18-5-3-15(4-6-18)11-16-7-9-23-10-8-16/h3-10,12-14H,11H2,1-2H3,(H2,24,25,26,29). The Morgan fingerprint density at radius 1 is 0.931 bits per heavy atom. The highest BCUT2D eigenvalue weighted by molar-refractivity contribution is 7.80. The predicted octanol–water partition coefficient (Wildman–Crippen LogP) is 3.82. The number of amides is 1. The summed E-state index contributed by atoms with van der Waals surface area (Å²) in [5, 5.41) is 5.89. The number of hydrogen-bond acceptors (Lipinski definition) is 5. The van der Waals surface area contributed by atoms with Gasteiger partial charge in [-0.2, -0.15) is 0 Å². The third-order valence-corrected chi connectivity index (χ3v) is 4.41. The second kappa shape index (κ2) is 9.66. The minimum atomic E-state index is -0.353. The van der Waals surface area contributed by atoms with Crippen LogP contribution < -0.4 is 20.1 Å². The summed E-state index contributed by atoms with van der Waals surface area (Å²) in [5.41, 5.74) is 3.53. The summed E-state index contributed by atoms with van der Waals surface area (Å²) in [5.74, 6) is 0.699. The summed E-state index contributed by atoms with van der Waals surface area (Å²) in [6.45, 7) is 0.